The number of sulfonamides is 1. The molecular formula is C19H21N3O4S. The quantitative estimate of drug-likeness (QED) is 0.759. The molecule has 0 saturated heterocycles. The van der Waals surface area contributed by atoms with Crippen LogP contribution in [0.3, 0.4) is 0 Å². The Morgan fingerprint density at radius 3 is 2.22 bits per heavy atom. The van der Waals surface area contributed by atoms with Crippen molar-refractivity contribution in [1.29, 1.82) is 0 Å². The Morgan fingerprint density at radius 2 is 1.63 bits per heavy atom. The Kier molecular flexibility index (Phi) is 6.73. The van der Waals surface area contributed by atoms with Gasteiger partial charge in [-0.05, 0) is 35.9 Å². The van der Waals surface area contributed by atoms with Gasteiger partial charge in [0.2, 0.25) is 5.91 Å². The van der Waals surface area contributed by atoms with Crippen molar-refractivity contribution in [2.75, 3.05) is 25.4 Å². The van der Waals surface area contributed by atoms with Gasteiger partial charge in [-0.3, -0.25) is 14.3 Å². The Balaban J connectivity index is 1.97. The summed E-state index contributed by atoms with van der Waals surface area (Å²) < 4.78 is 26.6. The van der Waals surface area contributed by atoms with Gasteiger partial charge in [-0.25, -0.2) is 8.42 Å². The van der Waals surface area contributed by atoms with E-state index in [-0.39, 0.29) is 12.5 Å². The normalized spacial score (nSPS) is 11.2. The largest absolute Gasteiger partial charge is 0.347 e. The van der Waals surface area contributed by atoms with Crippen LogP contribution in [0.25, 0.3) is 6.08 Å². The fourth-order valence-corrected chi connectivity index (χ4v) is 2.91. The zero-order valence-corrected chi connectivity index (χ0v) is 15.9. The van der Waals surface area contributed by atoms with E-state index < -0.39 is 15.9 Å². The van der Waals surface area contributed by atoms with Gasteiger partial charge in [-0.1, -0.05) is 30.3 Å². The van der Waals surface area contributed by atoms with E-state index in [1.54, 1.807) is 26.2 Å². The van der Waals surface area contributed by atoms with Crippen molar-refractivity contribution in [3.8, 4) is 0 Å². The van der Waals surface area contributed by atoms with E-state index in [1.165, 1.54) is 35.2 Å². The first-order valence-corrected chi connectivity index (χ1v) is 9.66. The first kappa shape index (κ1) is 20.2. The van der Waals surface area contributed by atoms with E-state index >= 15 is 0 Å². The number of benzene rings is 2. The lowest BCUT2D eigenvalue weighted by Gasteiger charge is -2.11. The van der Waals surface area contributed by atoms with E-state index in [1.807, 2.05) is 18.2 Å². The Morgan fingerprint density at radius 1 is 1.00 bits per heavy atom. The summed E-state index contributed by atoms with van der Waals surface area (Å²) in [6.07, 6.45) is 1.49. The third kappa shape index (κ3) is 6.59. The van der Waals surface area contributed by atoms with E-state index in [0.717, 1.165) is 11.0 Å². The minimum absolute atomic E-state index is 0.107. The van der Waals surface area contributed by atoms with E-state index in [9.17, 15) is 18.0 Å². The highest BCUT2D eigenvalue weighted by Crippen LogP contribution is 2.13. The average Bonchev–Trinajstić information content (AvgIpc) is 2.65. The smallest absolute Gasteiger partial charge is 0.255 e. The third-order valence-electron chi connectivity index (χ3n) is 3.55. The minimum atomic E-state index is -3.68. The van der Waals surface area contributed by atoms with Gasteiger partial charge in [0.1, 0.15) is 0 Å². The topological polar surface area (TPSA) is 95.6 Å². The number of carbonyl (C=O) groups excluding carboxylic acids is 2. The second-order valence-electron chi connectivity index (χ2n) is 5.91. The molecular weight excluding hydrogens is 366 g/mol. The highest BCUT2D eigenvalue weighted by atomic mass is 32.2. The maximum absolute atomic E-state index is 12.1. The molecule has 142 valence electrons. The lowest BCUT2D eigenvalue weighted by molar-refractivity contribution is -0.127. The fourth-order valence-electron chi connectivity index (χ4n) is 2.04. The average molecular weight is 387 g/mol. The molecule has 7 nitrogen and oxygen atoms in total. The predicted molar refractivity (Wildman–Crippen MR) is 105 cm³/mol. The highest BCUT2D eigenvalue weighted by molar-refractivity contribution is 7.95. The molecule has 2 aromatic rings. The van der Waals surface area contributed by atoms with Gasteiger partial charge in [-0.15, -0.1) is 0 Å². The zero-order valence-electron chi connectivity index (χ0n) is 15.0. The van der Waals surface area contributed by atoms with Crippen LogP contribution in [0.2, 0.25) is 0 Å². The van der Waals surface area contributed by atoms with Crippen LogP contribution in [0.15, 0.2) is 60.0 Å². The molecule has 0 heterocycles. The second kappa shape index (κ2) is 9.00. The number of anilines is 1. The molecule has 0 bridgehead atoms. The minimum Gasteiger partial charge on any atom is -0.347 e. The Labute approximate surface area is 158 Å². The molecule has 0 spiro atoms. The Hall–Kier alpha value is -3.13. The first-order valence-electron chi connectivity index (χ1n) is 8.11. The predicted octanol–water partition coefficient (Wildman–Crippen LogP) is 1.92. The standard InChI is InChI=1S/C19H21N3O4S/c1-22(2)18(23)14-20-19(24)16-8-10-17(11-9-16)21-27(25,26)13-12-15-6-4-3-5-7-15/h3-13,21H,14H2,1-2H3,(H,20,24)/b13-12+. The van der Waals surface area contributed by atoms with Crippen LogP contribution in [0.1, 0.15) is 15.9 Å². The van der Waals surface area contributed by atoms with E-state index in [2.05, 4.69) is 10.0 Å². The number of hydrogen-bond acceptors (Lipinski definition) is 4. The maximum atomic E-state index is 12.1. The number of hydrogen-bond donors (Lipinski definition) is 2. The van der Waals surface area contributed by atoms with Gasteiger partial charge in [0.05, 0.1) is 12.0 Å². The number of nitrogens with zero attached hydrogens (tertiary/aromatic N) is 1. The molecule has 0 aliphatic carbocycles. The molecule has 2 amide bonds. The molecule has 27 heavy (non-hydrogen) atoms. The summed E-state index contributed by atoms with van der Waals surface area (Å²) in [7, 11) is -0.481. The number of nitrogens with one attached hydrogen (secondary N) is 2. The maximum Gasteiger partial charge on any atom is 0.255 e. The van der Waals surface area contributed by atoms with Crippen molar-refractivity contribution < 1.29 is 18.0 Å². The van der Waals surface area contributed by atoms with Crippen LogP contribution in [-0.4, -0.2) is 45.8 Å². The molecule has 0 aliphatic rings. The van der Waals surface area contributed by atoms with Gasteiger partial charge in [-0.2, -0.15) is 0 Å². The number of likely N-dealkylation sites (N-methyl/N-ethyl adjacent to an activating group) is 1. The summed E-state index contributed by atoms with van der Waals surface area (Å²) in [6.45, 7) is -0.107. The van der Waals surface area contributed by atoms with Gasteiger partial charge in [0.25, 0.3) is 15.9 Å². The van der Waals surface area contributed by atoms with Crippen molar-refractivity contribution in [2.24, 2.45) is 0 Å². The summed E-state index contributed by atoms with van der Waals surface area (Å²) in [5, 5.41) is 3.59. The summed E-state index contributed by atoms with van der Waals surface area (Å²) in [5.41, 5.74) is 1.42. The van der Waals surface area contributed by atoms with Crippen molar-refractivity contribution >= 4 is 33.6 Å². The monoisotopic (exact) mass is 387 g/mol. The molecule has 0 aromatic heterocycles. The number of carbonyl (C=O) groups is 2. The van der Waals surface area contributed by atoms with Crippen molar-refractivity contribution in [3.63, 3.8) is 0 Å². The molecule has 8 heteroatoms. The SMILES string of the molecule is CN(C)C(=O)CNC(=O)c1ccc(NS(=O)(=O)/C=C/c2ccccc2)cc1. The number of rotatable bonds is 7. The molecule has 2 aromatic carbocycles. The van der Waals surface area contributed by atoms with E-state index in [4.69, 9.17) is 0 Å². The van der Waals surface area contributed by atoms with Gasteiger partial charge >= 0.3 is 0 Å². The molecule has 0 saturated carbocycles. The molecule has 2 rings (SSSR count). The van der Waals surface area contributed by atoms with Crippen molar-refractivity contribution in [1.82, 2.24) is 10.2 Å². The lowest BCUT2D eigenvalue weighted by atomic mass is 10.2. The molecule has 0 atom stereocenters. The highest BCUT2D eigenvalue weighted by Gasteiger charge is 2.10. The summed E-state index contributed by atoms with van der Waals surface area (Å²) >= 11 is 0. The van der Waals surface area contributed by atoms with Gasteiger partial charge < -0.3 is 10.2 Å². The Bertz CT molecular complexity index is 921. The lowest BCUT2D eigenvalue weighted by Crippen LogP contribution is -2.36. The van der Waals surface area contributed by atoms with Crippen LogP contribution < -0.4 is 10.0 Å². The first-order chi connectivity index (χ1) is 12.8. The van der Waals surface area contributed by atoms with Crippen LogP contribution in [-0.2, 0) is 14.8 Å². The van der Waals surface area contributed by atoms with Crippen LogP contribution in [0.4, 0.5) is 5.69 Å². The zero-order chi connectivity index (χ0) is 19.9. The molecule has 2 N–H and O–H groups in total. The fraction of sp³-hybridized carbons (Fsp3) is 0.158. The van der Waals surface area contributed by atoms with Crippen LogP contribution in [0, 0.1) is 0 Å². The van der Waals surface area contributed by atoms with Crippen LogP contribution >= 0.6 is 0 Å². The summed E-state index contributed by atoms with van der Waals surface area (Å²) in [5.74, 6) is -0.637. The molecule has 0 unspecified atom stereocenters. The summed E-state index contributed by atoms with van der Waals surface area (Å²) in [6, 6.07) is 15.0. The number of amides is 2. The third-order valence-corrected chi connectivity index (χ3v) is 4.56. The van der Waals surface area contributed by atoms with Crippen molar-refractivity contribution in [3.05, 3.63) is 71.1 Å². The molecule has 0 aliphatic heterocycles. The van der Waals surface area contributed by atoms with E-state index in [0.29, 0.717) is 11.3 Å². The molecule has 0 fully saturated rings. The van der Waals surface area contributed by atoms with Gasteiger partial charge in [0.15, 0.2) is 0 Å². The molecule has 0 radical (unpaired) electrons. The van der Waals surface area contributed by atoms with Crippen LogP contribution in [0.5, 0.6) is 0 Å². The second-order valence-corrected chi connectivity index (χ2v) is 7.48. The van der Waals surface area contributed by atoms with Gasteiger partial charge in [0, 0.05) is 25.3 Å². The summed E-state index contributed by atoms with van der Waals surface area (Å²) in [4.78, 5) is 24.9. The van der Waals surface area contributed by atoms with Crippen molar-refractivity contribution in [2.45, 2.75) is 0 Å².